The summed E-state index contributed by atoms with van der Waals surface area (Å²) < 4.78 is 27.0. The fourth-order valence-electron chi connectivity index (χ4n) is 1.18. The number of rotatable bonds is 3. The first-order chi connectivity index (χ1) is 6.50. The van der Waals surface area contributed by atoms with Gasteiger partial charge in [-0.25, -0.2) is 8.42 Å². The minimum atomic E-state index is -3.25. The maximum atomic E-state index is 11.6. The zero-order valence-electron chi connectivity index (χ0n) is 7.77. The highest BCUT2D eigenvalue weighted by Crippen LogP contribution is 2.30. The van der Waals surface area contributed by atoms with Crippen molar-refractivity contribution in [3.63, 3.8) is 0 Å². The van der Waals surface area contributed by atoms with E-state index < -0.39 is 10.0 Å². The van der Waals surface area contributed by atoms with Crippen LogP contribution in [0.15, 0.2) is 6.20 Å². The second-order valence-electron chi connectivity index (χ2n) is 3.42. The molecule has 0 aromatic carbocycles. The van der Waals surface area contributed by atoms with Crippen molar-refractivity contribution in [2.45, 2.75) is 18.1 Å². The number of aryl methyl sites for hydroxylation is 1. The maximum Gasteiger partial charge on any atom is 0.236 e. The maximum absolute atomic E-state index is 11.6. The van der Waals surface area contributed by atoms with Crippen LogP contribution in [0.3, 0.4) is 0 Å². The van der Waals surface area contributed by atoms with Crippen LogP contribution >= 0.6 is 0 Å². The van der Waals surface area contributed by atoms with Crippen LogP contribution in [0.5, 0.6) is 0 Å². The van der Waals surface area contributed by atoms with Gasteiger partial charge in [-0.3, -0.25) is 9.40 Å². The van der Waals surface area contributed by atoms with Gasteiger partial charge in [-0.1, -0.05) is 0 Å². The van der Waals surface area contributed by atoms with Gasteiger partial charge in [0.05, 0.1) is 17.1 Å². The van der Waals surface area contributed by atoms with Gasteiger partial charge < -0.3 is 5.73 Å². The summed E-state index contributed by atoms with van der Waals surface area (Å²) >= 11 is 0. The van der Waals surface area contributed by atoms with Crippen molar-refractivity contribution in [1.29, 1.82) is 0 Å². The van der Waals surface area contributed by atoms with E-state index in [4.69, 9.17) is 5.73 Å². The Hall–Kier alpha value is -1.24. The second kappa shape index (κ2) is 2.88. The van der Waals surface area contributed by atoms with Gasteiger partial charge in [-0.05, 0) is 12.8 Å². The molecule has 1 aromatic rings. The average Bonchev–Trinajstić information content (AvgIpc) is 2.89. The summed E-state index contributed by atoms with van der Waals surface area (Å²) in [5.74, 6) is 0.344. The summed E-state index contributed by atoms with van der Waals surface area (Å²) in [6, 6.07) is 0. The zero-order chi connectivity index (χ0) is 10.3. The van der Waals surface area contributed by atoms with Crippen molar-refractivity contribution in [3.8, 4) is 0 Å². The third-order valence-corrected chi connectivity index (χ3v) is 4.00. The van der Waals surface area contributed by atoms with E-state index in [-0.39, 0.29) is 5.25 Å². The number of nitrogens with one attached hydrogen (secondary N) is 1. The number of aromatic nitrogens is 2. The molecule has 0 bridgehead atoms. The van der Waals surface area contributed by atoms with E-state index in [0.717, 1.165) is 12.8 Å². The number of nitrogen functional groups attached to an aromatic ring is 1. The van der Waals surface area contributed by atoms with Gasteiger partial charge in [0.2, 0.25) is 10.0 Å². The Labute approximate surface area is 82.1 Å². The van der Waals surface area contributed by atoms with Crippen LogP contribution in [-0.4, -0.2) is 23.4 Å². The summed E-state index contributed by atoms with van der Waals surface area (Å²) in [6.45, 7) is 0. The lowest BCUT2D eigenvalue weighted by atomic mass is 10.5. The van der Waals surface area contributed by atoms with Gasteiger partial charge in [-0.2, -0.15) is 5.10 Å². The molecule has 2 rings (SSSR count). The van der Waals surface area contributed by atoms with Crippen molar-refractivity contribution < 1.29 is 8.42 Å². The summed E-state index contributed by atoms with van der Waals surface area (Å²) in [5.41, 5.74) is 5.90. The average molecular weight is 216 g/mol. The molecule has 6 nitrogen and oxygen atoms in total. The van der Waals surface area contributed by atoms with E-state index in [2.05, 4.69) is 9.82 Å². The molecule has 7 heteroatoms. The van der Waals surface area contributed by atoms with E-state index in [1.54, 1.807) is 7.05 Å². The molecule has 0 atom stereocenters. The molecule has 1 aromatic heterocycles. The molecule has 1 saturated carbocycles. The molecule has 78 valence electrons. The predicted octanol–water partition coefficient (Wildman–Crippen LogP) is -0.0936. The molecule has 1 heterocycles. The molecular formula is C7H12N4O2S. The monoisotopic (exact) mass is 216 g/mol. The highest BCUT2D eigenvalue weighted by Gasteiger charge is 2.36. The van der Waals surface area contributed by atoms with Gasteiger partial charge >= 0.3 is 0 Å². The second-order valence-corrected chi connectivity index (χ2v) is 5.38. The highest BCUT2D eigenvalue weighted by molar-refractivity contribution is 7.93. The van der Waals surface area contributed by atoms with Crippen LogP contribution in [0.1, 0.15) is 12.8 Å². The normalized spacial score (nSPS) is 16.9. The van der Waals surface area contributed by atoms with Crippen LogP contribution < -0.4 is 10.5 Å². The molecule has 1 fully saturated rings. The molecule has 0 aliphatic heterocycles. The fourth-order valence-corrected chi connectivity index (χ4v) is 2.62. The quantitative estimate of drug-likeness (QED) is 0.738. The van der Waals surface area contributed by atoms with E-state index in [9.17, 15) is 8.42 Å². The van der Waals surface area contributed by atoms with E-state index in [1.165, 1.54) is 10.9 Å². The van der Waals surface area contributed by atoms with Crippen molar-refractivity contribution in [1.82, 2.24) is 9.78 Å². The Kier molecular flexibility index (Phi) is 1.91. The standard InChI is InChI=1S/C7H12N4O2S/c1-11-7(6(8)4-9-11)10-14(12,13)5-2-3-5/h4-5,10H,2-3,8H2,1H3. The first-order valence-electron chi connectivity index (χ1n) is 4.30. The van der Waals surface area contributed by atoms with Crippen LogP contribution in [0.4, 0.5) is 11.5 Å². The third kappa shape index (κ3) is 1.54. The summed E-state index contributed by atoms with van der Waals surface area (Å²) in [6.07, 6.45) is 2.88. The number of nitrogens with zero attached hydrogens (tertiary/aromatic N) is 2. The Morgan fingerprint density at radius 2 is 2.29 bits per heavy atom. The lowest BCUT2D eigenvalue weighted by molar-refractivity contribution is 0.599. The van der Waals surface area contributed by atoms with Crippen LogP contribution in [0, 0.1) is 0 Å². The number of hydrogen-bond acceptors (Lipinski definition) is 4. The molecule has 3 N–H and O–H groups in total. The van der Waals surface area contributed by atoms with Crippen molar-refractivity contribution >= 4 is 21.5 Å². The van der Waals surface area contributed by atoms with E-state index >= 15 is 0 Å². The number of hydrogen-bond donors (Lipinski definition) is 2. The SMILES string of the molecule is Cn1ncc(N)c1NS(=O)(=O)C1CC1. The third-order valence-electron chi connectivity index (χ3n) is 2.17. The topological polar surface area (TPSA) is 90.0 Å². The Morgan fingerprint density at radius 1 is 1.64 bits per heavy atom. The number of anilines is 2. The fraction of sp³-hybridized carbons (Fsp3) is 0.571. The molecule has 0 amide bonds. The predicted molar refractivity (Wildman–Crippen MR) is 53.2 cm³/mol. The zero-order valence-corrected chi connectivity index (χ0v) is 8.58. The first-order valence-corrected chi connectivity index (χ1v) is 5.84. The molecule has 0 unspecified atom stereocenters. The summed E-state index contributed by atoms with van der Waals surface area (Å²) in [5, 5.41) is 3.59. The molecule has 1 aliphatic rings. The molecule has 0 spiro atoms. The van der Waals surface area contributed by atoms with Crippen LogP contribution in [0.2, 0.25) is 0 Å². The number of sulfonamides is 1. The Bertz CT molecular complexity index is 427. The van der Waals surface area contributed by atoms with Crippen molar-refractivity contribution in [2.75, 3.05) is 10.5 Å². The van der Waals surface area contributed by atoms with Crippen LogP contribution in [-0.2, 0) is 17.1 Å². The minimum absolute atomic E-state index is 0.253. The highest BCUT2D eigenvalue weighted by atomic mass is 32.2. The minimum Gasteiger partial charge on any atom is -0.394 e. The van der Waals surface area contributed by atoms with E-state index in [0.29, 0.717) is 11.5 Å². The number of nitrogens with two attached hydrogens (primary N) is 1. The molecule has 1 aliphatic carbocycles. The van der Waals surface area contributed by atoms with Crippen molar-refractivity contribution in [3.05, 3.63) is 6.20 Å². The van der Waals surface area contributed by atoms with Gasteiger partial charge in [-0.15, -0.1) is 0 Å². The molecular weight excluding hydrogens is 204 g/mol. The smallest absolute Gasteiger partial charge is 0.236 e. The Morgan fingerprint density at radius 3 is 2.71 bits per heavy atom. The van der Waals surface area contributed by atoms with Gasteiger partial charge in [0, 0.05) is 7.05 Å². The molecule has 0 radical (unpaired) electrons. The largest absolute Gasteiger partial charge is 0.394 e. The Balaban J connectivity index is 2.26. The lowest BCUT2D eigenvalue weighted by Gasteiger charge is -2.07. The van der Waals surface area contributed by atoms with Gasteiger partial charge in [0.15, 0.2) is 5.82 Å². The van der Waals surface area contributed by atoms with Crippen LogP contribution in [0.25, 0.3) is 0 Å². The lowest BCUT2D eigenvalue weighted by Crippen LogP contribution is -2.19. The van der Waals surface area contributed by atoms with Crippen molar-refractivity contribution in [2.24, 2.45) is 7.05 Å². The summed E-state index contributed by atoms with van der Waals surface area (Å²) in [7, 11) is -1.61. The van der Waals surface area contributed by atoms with Gasteiger partial charge in [0.1, 0.15) is 0 Å². The summed E-state index contributed by atoms with van der Waals surface area (Å²) in [4.78, 5) is 0. The first kappa shape index (κ1) is 9.32. The molecule has 14 heavy (non-hydrogen) atoms. The van der Waals surface area contributed by atoms with Gasteiger partial charge in [0.25, 0.3) is 0 Å². The van der Waals surface area contributed by atoms with E-state index in [1.807, 2.05) is 0 Å². The molecule has 0 saturated heterocycles.